The van der Waals surface area contributed by atoms with Crippen LogP contribution in [0, 0.1) is 0 Å². The molecule has 4 heterocycles. The van der Waals surface area contributed by atoms with Crippen molar-refractivity contribution in [3.63, 3.8) is 0 Å². The summed E-state index contributed by atoms with van der Waals surface area (Å²) in [6.07, 6.45) is 0.260. The molecular formula is C50H36Cl4N12O20S6. The number of benzene rings is 7. The van der Waals surface area contributed by atoms with Crippen LogP contribution >= 0.6 is 46.4 Å². The molecule has 32 nitrogen and oxygen atoms in total. The number of anilines is 5. The van der Waals surface area contributed by atoms with E-state index in [1.807, 2.05) is 0 Å². The third-order valence-corrected chi connectivity index (χ3v) is 19.9. The zero-order valence-electron chi connectivity index (χ0n) is 45.3. The number of hydrogen-bond donors (Lipinski definition) is 10. The van der Waals surface area contributed by atoms with Crippen LogP contribution in [0.1, 0.15) is 12.8 Å². The van der Waals surface area contributed by atoms with Crippen molar-refractivity contribution in [1.29, 1.82) is 0 Å². The molecule has 42 heteroatoms. The fraction of sp³-hybridized carbons (Fsp3) is 0.120. The molecule has 0 bridgehead atoms. The molecule has 1 aliphatic carbocycles. The highest BCUT2D eigenvalue weighted by molar-refractivity contribution is 7.87. The Morgan fingerprint density at radius 2 is 1.00 bits per heavy atom. The Balaban J connectivity index is 0.806. The molecule has 0 radical (unpaired) electrons. The summed E-state index contributed by atoms with van der Waals surface area (Å²) in [5, 5.41) is 8.60. The van der Waals surface area contributed by atoms with Gasteiger partial charge >= 0.3 is 10.1 Å². The second kappa shape index (κ2) is 24.2. The highest BCUT2D eigenvalue weighted by atomic mass is 35.5. The van der Waals surface area contributed by atoms with E-state index in [0.717, 1.165) is 48.5 Å². The van der Waals surface area contributed by atoms with Crippen molar-refractivity contribution in [3.8, 4) is 45.7 Å². The lowest BCUT2D eigenvalue weighted by molar-refractivity contribution is 0.449. The number of aromatic nitrogens is 7. The van der Waals surface area contributed by atoms with Crippen molar-refractivity contribution >= 4 is 169 Å². The number of nitrogens with one attached hydrogen (secondary N) is 4. The first-order valence-corrected chi connectivity index (χ1v) is 35.6. The zero-order chi connectivity index (χ0) is 66.4. The molecule has 0 unspecified atom stereocenters. The van der Waals surface area contributed by atoms with Crippen LogP contribution < -0.4 is 31.4 Å². The molecule has 6 aromatic carbocycles. The lowest BCUT2D eigenvalue weighted by Crippen LogP contribution is -2.19. The summed E-state index contributed by atoms with van der Waals surface area (Å²) < 4.78 is 224. The normalized spacial score (nSPS) is 13.3. The monoisotopic (exact) mass is 1460 g/mol. The summed E-state index contributed by atoms with van der Waals surface area (Å²) in [6, 6.07) is 16.1. The van der Waals surface area contributed by atoms with Crippen molar-refractivity contribution < 1.29 is 87.0 Å². The molecule has 3 aliphatic rings. The van der Waals surface area contributed by atoms with Crippen molar-refractivity contribution in [2.45, 2.75) is 42.2 Å². The van der Waals surface area contributed by atoms with Gasteiger partial charge < -0.3 is 30.4 Å². The van der Waals surface area contributed by atoms with Gasteiger partial charge in [0.15, 0.2) is 44.3 Å². The summed E-state index contributed by atoms with van der Waals surface area (Å²) in [7, 11) is -30.2. The van der Waals surface area contributed by atoms with Gasteiger partial charge in [-0.25, -0.2) is 4.98 Å². The largest absolute Gasteiger partial charge is 0.450 e. The summed E-state index contributed by atoms with van der Waals surface area (Å²) in [4.78, 5) is 28.8. The summed E-state index contributed by atoms with van der Waals surface area (Å²) in [5.41, 5.74) is -1.52. The minimum Gasteiger partial charge on any atom is -0.450 e. The van der Waals surface area contributed by atoms with Gasteiger partial charge in [-0.2, -0.15) is 80.4 Å². The average molecular weight is 1460 g/mol. The van der Waals surface area contributed by atoms with Gasteiger partial charge in [-0.1, -0.05) is 47.5 Å². The minimum atomic E-state index is -5.19. The van der Waals surface area contributed by atoms with E-state index < -0.39 is 112 Å². The zero-order valence-corrected chi connectivity index (χ0v) is 53.2. The molecule has 2 aliphatic heterocycles. The maximum absolute atomic E-state index is 13.1. The van der Waals surface area contributed by atoms with Gasteiger partial charge in [0.1, 0.15) is 46.5 Å². The lowest BCUT2D eigenvalue weighted by Gasteiger charge is -2.27. The standard InChI is InChI=1S/C50H36Cl4N12O20S6/c51-35-38-42(86-40-28(60-38)10-12-30(44(40)92(82,83)84)56-14-4-16-58-50-64-46(62-48(54)66-50)22-18-26-24(34(20-22)90(76,77)78)6-2-8-32(26)88(70,71)72)36(52)37-41(35)85-39-27(59-37)9-11-29(43(39)91(79,80)81)55-13-3-15-57-49-63-45(61-47(53)65-49)21-17-25-23(33(19-21)89(73,74)75)5-1-7-31(25)87(67,68)69/h1-2,5-12,17-20,55,59H,3-4,13-16H2,(H,67,68,69)(H,70,71,72)(H,73,74,75)(H,76,77,78)(H,79,80,81)(H,82,83,84)(H,57,61,63,65)(H,58,62,64,66). The highest BCUT2D eigenvalue weighted by Crippen LogP contribution is 2.55. The Hall–Kier alpha value is -7.90. The van der Waals surface area contributed by atoms with Crippen LogP contribution in [-0.4, -0.2) is 139 Å². The van der Waals surface area contributed by atoms with Gasteiger partial charge in [0.05, 0.1) is 16.7 Å². The molecule has 0 spiro atoms. The molecule has 8 aromatic rings. The Kier molecular flexibility index (Phi) is 17.3. The van der Waals surface area contributed by atoms with Crippen LogP contribution in [0.2, 0.25) is 20.6 Å². The van der Waals surface area contributed by atoms with Crippen molar-refractivity contribution in [2.75, 3.05) is 47.4 Å². The molecule has 11 rings (SSSR count). The van der Waals surface area contributed by atoms with Gasteiger partial charge in [-0.05, 0) is 96.7 Å². The third-order valence-electron chi connectivity index (χ3n) is 13.4. The van der Waals surface area contributed by atoms with Crippen LogP contribution in [0.25, 0.3) is 66.9 Å². The second-order valence-electron chi connectivity index (χ2n) is 19.4. The van der Waals surface area contributed by atoms with E-state index in [1.165, 1.54) is 36.4 Å². The van der Waals surface area contributed by atoms with Crippen LogP contribution in [-0.2, 0) is 60.7 Å². The van der Waals surface area contributed by atoms with E-state index in [1.54, 1.807) is 0 Å². The third kappa shape index (κ3) is 13.2. The molecule has 10 N–H and O–H groups in total. The highest BCUT2D eigenvalue weighted by Gasteiger charge is 2.35. The molecule has 0 fully saturated rings. The number of hydrogen-bond acceptors (Lipinski definition) is 26. The minimum absolute atomic E-state index is 0.00194. The van der Waals surface area contributed by atoms with Gasteiger partial charge in [0.2, 0.25) is 22.5 Å². The number of rotatable bonds is 19. The molecular weight excluding hydrogens is 1420 g/mol. The van der Waals surface area contributed by atoms with Crippen LogP contribution in [0.15, 0.2) is 124 Å². The maximum Gasteiger partial charge on any atom is 0.300 e. The maximum atomic E-state index is 13.1. The molecule has 0 atom stereocenters. The van der Waals surface area contributed by atoms with E-state index in [9.17, 15) is 77.8 Å². The van der Waals surface area contributed by atoms with Crippen LogP contribution in [0.4, 0.5) is 29.0 Å². The summed E-state index contributed by atoms with van der Waals surface area (Å²) in [5.74, 6) is -2.25. The van der Waals surface area contributed by atoms with Gasteiger partial charge in [0.25, 0.3) is 50.6 Å². The predicted octanol–water partition coefficient (Wildman–Crippen LogP) is 8.20. The number of halogens is 4. The SMILES string of the molecule is O=S(=O)(O)c1c(NCCCNc2nc(Cl)nc(-c3cc(S(=O)(=O)O)c4cccc(S(=O)(=O)O)c4c3)n2)ccc2c1Oc1c(c(Cl)c3oc4c(S(=O)(=O)O)c(=NCCCNc5nc(Cl)nc(-c6cc(S(=O)(=O)O)c7cccc(S(=O)(=O)O)c7c6)n5)ccc-4nc3c1Cl)N2. The number of fused-ring (bicyclic) bond motifs is 6. The number of ether oxygens (including phenoxy) is 1. The first kappa shape index (κ1) is 65.6. The van der Waals surface area contributed by atoms with Crippen LogP contribution in [0.3, 0.4) is 0 Å². The first-order valence-electron chi connectivity index (χ1n) is 25.5. The van der Waals surface area contributed by atoms with Gasteiger partial charge in [0, 0.05) is 58.9 Å². The predicted molar refractivity (Wildman–Crippen MR) is 330 cm³/mol. The second-order valence-corrected chi connectivity index (χ2v) is 29.1. The van der Waals surface area contributed by atoms with E-state index in [4.69, 9.17) is 55.6 Å². The van der Waals surface area contributed by atoms with E-state index in [-0.39, 0.29) is 150 Å². The lowest BCUT2D eigenvalue weighted by atomic mass is 10.1. The molecule has 92 heavy (non-hydrogen) atoms. The fourth-order valence-corrected chi connectivity index (χ4v) is 14.9. The Morgan fingerprint density at radius 3 is 1.51 bits per heavy atom. The molecule has 0 amide bonds. The average Bonchev–Trinajstić information content (AvgIpc) is 0.734. The molecule has 0 saturated heterocycles. The Labute approximate surface area is 538 Å². The van der Waals surface area contributed by atoms with Gasteiger partial charge in [-0.15, -0.1) is 0 Å². The quantitative estimate of drug-likeness (QED) is 0.0207. The topological polar surface area (TPSA) is 499 Å². The Bertz CT molecular complexity index is 5610. The smallest absolute Gasteiger partial charge is 0.300 e. The molecule has 480 valence electrons. The van der Waals surface area contributed by atoms with Crippen LogP contribution in [0.5, 0.6) is 11.5 Å². The summed E-state index contributed by atoms with van der Waals surface area (Å²) in [6.45, 7) is -0.140. The van der Waals surface area contributed by atoms with Crippen molar-refractivity contribution in [3.05, 3.63) is 111 Å². The molecule has 2 aromatic heterocycles. The summed E-state index contributed by atoms with van der Waals surface area (Å²) >= 11 is 26.1. The van der Waals surface area contributed by atoms with Crippen molar-refractivity contribution in [1.82, 2.24) is 34.9 Å². The first-order chi connectivity index (χ1) is 43.0. The van der Waals surface area contributed by atoms with E-state index in [0.29, 0.717) is 0 Å². The van der Waals surface area contributed by atoms with Crippen molar-refractivity contribution in [2.24, 2.45) is 4.99 Å². The fourth-order valence-electron chi connectivity index (χ4n) is 9.64. The number of nitrogens with zero attached hydrogens (tertiary/aromatic N) is 8. The Morgan fingerprint density at radius 1 is 0.489 bits per heavy atom. The van der Waals surface area contributed by atoms with E-state index >= 15 is 0 Å². The van der Waals surface area contributed by atoms with E-state index in [2.05, 4.69) is 61.1 Å². The molecule has 0 saturated carbocycles. The van der Waals surface area contributed by atoms with Gasteiger partial charge in [-0.3, -0.25) is 32.3 Å².